The Kier molecular flexibility index (Phi) is 2.78. The summed E-state index contributed by atoms with van der Waals surface area (Å²) < 4.78 is 24.3. The van der Waals surface area contributed by atoms with Crippen LogP contribution in [0.2, 0.25) is 5.15 Å². The Balaban J connectivity index is 3.05. The van der Waals surface area contributed by atoms with Gasteiger partial charge in [0.15, 0.2) is 0 Å². The molecule has 1 aromatic rings. The number of aromatic nitrogens is 1. The van der Waals surface area contributed by atoms with Crippen molar-refractivity contribution in [2.45, 2.75) is 6.43 Å². The third-order valence-corrected chi connectivity index (χ3v) is 2.20. The lowest BCUT2D eigenvalue weighted by Gasteiger charge is -1.99. The molecule has 0 aromatic carbocycles. The molecule has 60 valence electrons. The highest BCUT2D eigenvalue weighted by Crippen LogP contribution is 2.25. The SMILES string of the molecule is FC(F)c1cnc(Cl)c(Br)c1. The molecule has 0 atom stereocenters. The fraction of sp³-hybridized carbons (Fsp3) is 0.167. The van der Waals surface area contributed by atoms with Crippen molar-refractivity contribution in [2.75, 3.05) is 0 Å². The summed E-state index contributed by atoms with van der Waals surface area (Å²) >= 11 is 8.47. The molecule has 5 heteroatoms. The largest absolute Gasteiger partial charge is 0.265 e. The first kappa shape index (κ1) is 8.87. The quantitative estimate of drug-likeness (QED) is 0.688. The third-order valence-electron chi connectivity index (χ3n) is 1.07. The van der Waals surface area contributed by atoms with Crippen molar-refractivity contribution in [1.29, 1.82) is 0 Å². The van der Waals surface area contributed by atoms with Gasteiger partial charge in [0.1, 0.15) is 5.15 Å². The molecule has 0 spiro atoms. The summed E-state index contributed by atoms with van der Waals surface area (Å²) in [6, 6.07) is 1.25. The average molecular weight is 242 g/mol. The first-order valence-corrected chi connectivity index (χ1v) is 3.87. The predicted octanol–water partition coefficient (Wildman–Crippen LogP) is 3.44. The fourth-order valence-electron chi connectivity index (χ4n) is 0.555. The minimum atomic E-state index is -2.50. The van der Waals surface area contributed by atoms with Crippen LogP contribution < -0.4 is 0 Å². The maximum absolute atomic E-state index is 12.0. The van der Waals surface area contributed by atoms with Crippen molar-refractivity contribution >= 4 is 27.5 Å². The molecule has 0 aliphatic heterocycles. The number of hydrogen-bond acceptors (Lipinski definition) is 1. The summed E-state index contributed by atoms with van der Waals surface area (Å²) in [4.78, 5) is 3.54. The van der Waals surface area contributed by atoms with Crippen molar-refractivity contribution in [1.82, 2.24) is 4.98 Å². The van der Waals surface area contributed by atoms with Crippen LogP contribution in [-0.2, 0) is 0 Å². The average Bonchev–Trinajstić information content (AvgIpc) is 1.94. The third kappa shape index (κ3) is 2.10. The molecule has 0 N–H and O–H groups in total. The number of hydrogen-bond donors (Lipinski definition) is 0. The van der Waals surface area contributed by atoms with Gasteiger partial charge in [0.25, 0.3) is 6.43 Å². The van der Waals surface area contributed by atoms with E-state index in [2.05, 4.69) is 20.9 Å². The highest BCUT2D eigenvalue weighted by molar-refractivity contribution is 9.10. The van der Waals surface area contributed by atoms with Gasteiger partial charge in [-0.1, -0.05) is 11.6 Å². The van der Waals surface area contributed by atoms with E-state index in [4.69, 9.17) is 11.6 Å². The summed E-state index contributed by atoms with van der Waals surface area (Å²) in [6.07, 6.45) is -1.45. The minimum Gasteiger partial charge on any atom is -0.243 e. The van der Waals surface area contributed by atoms with Crippen LogP contribution in [0.1, 0.15) is 12.0 Å². The zero-order valence-electron chi connectivity index (χ0n) is 5.19. The molecule has 1 nitrogen and oxygen atoms in total. The molecule has 0 aliphatic carbocycles. The normalized spacial score (nSPS) is 10.6. The summed E-state index contributed by atoms with van der Waals surface area (Å²) in [5, 5.41) is 0.189. The van der Waals surface area contributed by atoms with Gasteiger partial charge in [-0.25, -0.2) is 13.8 Å². The van der Waals surface area contributed by atoms with Gasteiger partial charge in [-0.15, -0.1) is 0 Å². The number of nitrogens with zero attached hydrogens (tertiary/aromatic N) is 1. The van der Waals surface area contributed by atoms with Gasteiger partial charge in [0.2, 0.25) is 0 Å². The molecule has 0 radical (unpaired) electrons. The lowest BCUT2D eigenvalue weighted by atomic mass is 10.3. The van der Waals surface area contributed by atoms with Crippen LogP contribution in [0.25, 0.3) is 0 Å². The first-order valence-electron chi connectivity index (χ1n) is 2.70. The molecule has 0 saturated carbocycles. The van der Waals surface area contributed by atoms with E-state index in [9.17, 15) is 8.78 Å². The maximum Gasteiger partial charge on any atom is 0.265 e. The molecular formula is C6H3BrClF2N. The molecule has 0 amide bonds. The zero-order valence-corrected chi connectivity index (χ0v) is 7.53. The van der Waals surface area contributed by atoms with E-state index in [1.807, 2.05) is 0 Å². The van der Waals surface area contributed by atoms with Crippen LogP contribution in [0.5, 0.6) is 0 Å². The zero-order chi connectivity index (χ0) is 8.43. The van der Waals surface area contributed by atoms with Crippen LogP contribution in [0.3, 0.4) is 0 Å². The molecule has 1 aromatic heterocycles. The van der Waals surface area contributed by atoms with E-state index >= 15 is 0 Å². The standard InChI is InChI=1S/C6H3BrClF2N/c7-4-1-3(6(9)10)2-11-5(4)8/h1-2,6H. The maximum atomic E-state index is 12.0. The second-order valence-electron chi connectivity index (χ2n) is 1.84. The Bertz CT molecular complexity index is 267. The molecule has 11 heavy (non-hydrogen) atoms. The molecular weight excluding hydrogens is 239 g/mol. The van der Waals surface area contributed by atoms with E-state index in [1.165, 1.54) is 6.07 Å². The fourth-order valence-corrected chi connectivity index (χ4v) is 1.03. The highest BCUT2D eigenvalue weighted by Gasteiger charge is 2.08. The second kappa shape index (κ2) is 3.45. The smallest absolute Gasteiger partial charge is 0.243 e. The number of rotatable bonds is 1. The topological polar surface area (TPSA) is 12.9 Å². The summed E-state index contributed by atoms with van der Waals surface area (Å²) in [5.74, 6) is 0. The lowest BCUT2D eigenvalue weighted by Crippen LogP contribution is -1.86. The monoisotopic (exact) mass is 241 g/mol. The van der Waals surface area contributed by atoms with Crippen molar-refractivity contribution < 1.29 is 8.78 Å². The van der Waals surface area contributed by atoms with Gasteiger partial charge in [0, 0.05) is 11.8 Å². The number of pyridine rings is 1. The van der Waals surface area contributed by atoms with Gasteiger partial charge in [-0.05, 0) is 22.0 Å². The Morgan fingerprint density at radius 2 is 2.18 bits per heavy atom. The van der Waals surface area contributed by atoms with E-state index in [1.54, 1.807) is 0 Å². The summed E-state index contributed by atoms with van der Waals surface area (Å²) in [6.45, 7) is 0. The van der Waals surface area contributed by atoms with E-state index in [0.29, 0.717) is 4.47 Å². The Morgan fingerprint density at radius 1 is 1.55 bits per heavy atom. The van der Waals surface area contributed by atoms with Gasteiger partial charge in [-0.3, -0.25) is 0 Å². The molecule has 1 heterocycles. The van der Waals surface area contributed by atoms with Crippen molar-refractivity contribution in [3.05, 3.63) is 27.5 Å². The minimum absolute atomic E-state index is 0.138. The molecule has 0 unspecified atom stereocenters. The van der Waals surface area contributed by atoms with Gasteiger partial charge in [-0.2, -0.15) is 0 Å². The van der Waals surface area contributed by atoms with Gasteiger partial charge < -0.3 is 0 Å². The van der Waals surface area contributed by atoms with Crippen molar-refractivity contribution in [2.24, 2.45) is 0 Å². The second-order valence-corrected chi connectivity index (χ2v) is 3.05. The van der Waals surface area contributed by atoms with E-state index < -0.39 is 6.43 Å². The van der Waals surface area contributed by atoms with E-state index in [-0.39, 0.29) is 10.7 Å². The van der Waals surface area contributed by atoms with Gasteiger partial charge >= 0.3 is 0 Å². The van der Waals surface area contributed by atoms with Crippen molar-refractivity contribution in [3.8, 4) is 0 Å². The van der Waals surface area contributed by atoms with Crippen LogP contribution in [0.4, 0.5) is 8.78 Å². The molecule has 0 aliphatic rings. The number of halogens is 4. The van der Waals surface area contributed by atoms with E-state index in [0.717, 1.165) is 6.20 Å². The molecule has 1 rings (SSSR count). The van der Waals surface area contributed by atoms with Crippen molar-refractivity contribution in [3.63, 3.8) is 0 Å². The molecule has 0 saturated heterocycles. The number of alkyl halides is 2. The predicted molar refractivity (Wildman–Crippen MR) is 41.9 cm³/mol. The molecule has 0 bridgehead atoms. The summed E-state index contributed by atoms with van der Waals surface area (Å²) in [7, 11) is 0. The van der Waals surface area contributed by atoms with Crippen LogP contribution >= 0.6 is 27.5 Å². The first-order chi connectivity index (χ1) is 5.11. The molecule has 0 fully saturated rings. The Hall–Kier alpha value is -0.220. The summed E-state index contributed by atoms with van der Waals surface area (Å²) in [5.41, 5.74) is -0.138. The Labute approximate surface area is 75.5 Å². The lowest BCUT2D eigenvalue weighted by molar-refractivity contribution is 0.151. The van der Waals surface area contributed by atoms with Crippen LogP contribution in [0, 0.1) is 0 Å². The Morgan fingerprint density at radius 3 is 2.64 bits per heavy atom. The van der Waals surface area contributed by atoms with Crippen LogP contribution in [0.15, 0.2) is 16.7 Å². The van der Waals surface area contributed by atoms with Crippen LogP contribution in [-0.4, -0.2) is 4.98 Å². The highest BCUT2D eigenvalue weighted by atomic mass is 79.9. The van der Waals surface area contributed by atoms with Gasteiger partial charge in [0.05, 0.1) is 4.47 Å².